The van der Waals surface area contributed by atoms with Crippen molar-refractivity contribution in [2.45, 2.75) is 323 Å². The quantitative estimate of drug-likeness (QED) is 0.0574. The van der Waals surface area contributed by atoms with Crippen molar-refractivity contribution >= 4 is 29.5 Å². The highest BCUT2D eigenvalue weighted by molar-refractivity contribution is 5.78. The lowest BCUT2D eigenvalue weighted by molar-refractivity contribution is -0.340. The third-order valence-electron chi connectivity index (χ3n) is 20.2. The van der Waals surface area contributed by atoms with E-state index in [-0.39, 0.29) is 62.1 Å². The van der Waals surface area contributed by atoms with Crippen LogP contribution in [0.1, 0.15) is 157 Å². The topological polar surface area (TPSA) is 444 Å². The highest BCUT2D eigenvalue weighted by atomic mass is 19.3. The maximum atomic E-state index is 14.3. The molecule has 14 N–H and O–H groups in total. The zero-order chi connectivity index (χ0) is 69.0. The van der Waals surface area contributed by atoms with Crippen LogP contribution in [0.4, 0.5) is 8.78 Å². The molecular formula is C63H104F2N2O27. The summed E-state index contributed by atoms with van der Waals surface area (Å²) in [5.74, 6) is -5.66. The Morgan fingerprint density at radius 2 is 0.915 bits per heavy atom. The van der Waals surface area contributed by atoms with Gasteiger partial charge in [0.05, 0.1) is 49.8 Å². The van der Waals surface area contributed by atoms with Crippen LogP contribution in [-0.4, -0.2) is 270 Å². The molecule has 542 valence electrons. The van der Waals surface area contributed by atoms with Gasteiger partial charge in [0.15, 0.2) is 37.4 Å². The number of amides is 2. The van der Waals surface area contributed by atoms with Crippen LogP contribution in [0.25, 0.3) is 0 Å². The number of aliphatic carboxylic acids is 2. The number of aliphatic hydroxyl groups excluding tert-OH is 10. The summed E-state index contributed by atoms with van der Waals surface area (Å²) in [4.78, 5) is 62.2. The largest absolute Gasteiger partial charge is 0.479 e. The number of carbonyl (C=O) groups is 5. The predicted molar refractivity (Wildman–Crippen MR) is 318 cm³/mol. The minimum absolute atomic E-state index is 0.0254. The third-order valence-corrected chi connectivity index (χ3v) is 20.2. The number of carboxylic acids is 2. The number of carboxylic acid groups (broad SMARTS) is 2. The summed E-state index contributed by atoms with van der Waals surface area (Å²) < 4.78 is 88.7. The molecule has 11 unspecified atom stereocenters. The van der Waals surface area contributed by atoms with Gasteiger partial charge in [-0.1, -0.05) is 84.0 Å². The predicted octanol–water partition coefficient (Wildman–Crippen LogP) is 0.0422. The maximum Gasteiger partial charge on any atom is 0.332 e. The number of nitrogens with one attached hydrogen (secondary N) is 2. The molecule has 4 saturated heterocycles. The lowest BCUT2D eigenvalue weighted by Gasteiger charge is -2.49. The summed E-state index contributed by atoms with van der Waals surface area (Å²) in [7, 11) is 0. The fraction of sp³-hybridized carbons (Fsp3) is 0.921. The average Bonchev–Trinajstić information content (AvgIpc) is 0.795. The summed E-state index contributed by atoms with van der Waals surface area (Å²) in [6.45, 7) is 7.33. The standard InChI is InChI=1S/C33H55NO14.C30H49F2NO13/c1-5-19-12-20(15(2)36)13-21(29(19)48-33-28(41)27(40)25(38)16(3)44-33)46-32-24(34-17(4)37)30(26(39)23(14-35)47-32)45-22(31(42)43)11-18-9-7-6-8-10-18;1-13-21(36)23(38)24(39)30(42-13)46-25-16(27(31)32)9-6-10-17(25)44-29-20(33-14(2)35)26(22(37)19(12-34)45-29)43-18(28(40)41)11-15-7-4-3-5-8-15/h16,18-30,32-33,35,38-41H,5-14H2,1-4H3,(H,34,37)(H,42,43);13,15-27,29-30,34,36-39H,3-12H2,1-2H3,(H,33,35)(H,40,41)/t16-,19?,20?,21+,22-,23-,24?,25-,26-,27?,28-,29+,30?,32+,33?;13-,16?,17+,18-,19-,20?,21-,22-,23?,24-,25+,26?,29+,30?/m00/s1. The molecule has 8 aliphatic rings. The van der Waals surface area contributed by atoms with E-state index in [9.17, 15) is 94.0 Å². The van der Waals surface area contributed by atoms with E-state index in [2.05, 4.69) is 10.6 Å². The van der Waals surface area contributed by atoms with Crippen LogP contribution in [0.2, 0.25) is 0 Å². The average molecular weight is 1360 g/mol. The van der Waals surface area contributed by atoms with Crippen LogP contribution >= 0.6 is 0 Å². The normalized spacial score (nSPS) is 41.7. The van der Waals surface area contributed by atoms with E-state index < -0.39 is 215 Å². The molecule has 0 aromatic heterocycles. The number of ketones is 1. The Hall–Kier alpha value is -3.39. The van der Waals surface area contributed by atoms with Crippen LogP contribution in [-0.2, 0) is 71.3 Å². The minimum atomic E-state index is -2.89. The second kappa shape index (κ2) is 36.1. The number of aliphatic hydroxyl groups is 10. The molecule has 4 aliphatic carbocycles. The fourth-order valence-corrected chi connectivity index (χ4v) is 14.8. The Balaban J connectivity index is 0.000000266. The molecule has 29 nitrogen and oxygen atoms in total. The number of halogens is 2. The molecule has 4 heterocycles. The van der Waals surface area contributed by atoms with Crippen molar-refractivity contribution in [3.8, 4) is 0 Å². The van der Waals surface area contributed by atoms with Gasteiger partial charge in [-0.05, 0) is 77.0 Å². The molecule has 94 heavy (non-hydrogen) atoms. The zero-order valence-corrected chi connectivity index (χ0v) is 54.4. The van der Waals surface area contributed by atoms with Crippen molar-refractivity contribution < 1.29 is 141 Å². The van der Waals surface area contributed by atoms with E-state index in [4.69, 9.17) is 47.4 Å². The van der Waals surface area contributed by atoms with Crippen molar-refractivity contribution in [2.24, 2.45) is 29.6 Å². The lowest BCUT2D eigenvalue weighted by Crippen LogP contribution is -2.67. The van der Waals surface area contributed by atoms with Crippen LogP contribution < -0.4 is 10.6 Å². The Morgan fingerprint density at radius 3 is 1.30 bits per heavy atom. The van der Waals surface area contributed by atoms with Crippen LogP contribution in [0.15, 0.2) is 0 Å². The van der Waals surface area contributed by atoms with E-state index in [1.165, 1.54) is 34.6 Å². The van der Waals surface area contributed by atoms with Gasteiger partial charge >= 0.3 is 11.9 Å². The molecule has 0 radical (unpaired) electrons. The van der Waals surface area contributed by atoms with Gasteiger partial charge in [0, 0.05) is 25.7 Å². The van der Waals surface area contributed by atoms with Crippen molar-refractivity contribution in [1.82, 2.24) is 10.6 Å². The number of alkyl halides is 2. The number of hydrogen-bond acceptors (Lipinski definition) is 25. The van der Waals surface area contributed by atoms with Gasteiger partial charge < -0.3 is 119 Å². The number of ether oxygens (including phenoxy) is 10. The van der Waals surface area contributed by atoms with Gasteiger partial charge in [0.1, 0.15) is 91.1 Å². The molecule has 0 aromatic rings. The fourth-order valence-electron chi connectivity index (χ4n) is 14.8. The van der Waals surface area contributed by atoms with E-state index in [1.54, 1.807) is 0 Å². The van der Waals surface area contributed by atoms with Crippen molar-refractivity contribution in [2.75, 3.05) is 13.2 Å². The van der Waals surface area contributed by atoms with Crippen molar-refractivity contribution in [3.05, 3.63) is 0 Å². The highest BCUT2D eigenvalue weighted by Gasteiger charge is 2.56. The number of rotatable bonds is 25. The molecule has 8 rings (SSSR count). The summed E-state index contributed by atoms with van der Waals surface area (Å²) in [5.41, 5.74) is 0. The minimum Gasteiger partial charge on any atom is -0.479 e. The molecule has 0 spiro atoms. The first kappa shape index (κ1) is 78.0. The Bertz CT molecular complexity index is 2380. The van der Waals surface area contributed by atoms with Gasteiger partial charge in [-0.3, -0.25) is 14.4 Å². The molecule has 31 heteroatoms. The summed E-state index contributed by atoms with van der Waals surface area (Å²) in [5, 5.41) is 130. The summed E-state index contributed by atoms with van der Waals surface area (Å²) >= 11 is 0. The van der Waals surface area contributed by atoms with Crippen LogP contribution in [0, 0.1) is 29.6 Å². The summed E-state index contributed by atoms with van der Waals surface area (Å²) in [6.07, 6.45) is -24.2. The first-order chi connectivity index (χ1) is 44.6. The number of Topliss-reactive ketones (excluding diaryl/α,β-unsaturated/α-hetero) is 1. The smallest absolute Gasteiger partial charge is 0.332 e. The molecule has 4 aliphatic heterocycles. The first-order valence-corrected chi connectivity index (χ1v) is 33.6. The monoisotopic (exact) mass is 1360 g/mol. The van der Waals surface area contributed by atoms with Gasteiger partial charge in [-0.2, -0.15) is 0 Å². The van der Waals surface area contributed by atoms with Crippen LogP contribution in [0.3, 0.4) is 0 Å². The molecule has 4 saturated carbocycles. The number of hydrogen-bond donors (Lipinski definition) is 14. The molecule has 0 aromatic carbocycles. The van der Waals surface area contributed by atoms with Gasteiger partial charge in [0.25, 0.3) is 0 Å². The maximum absolute atomic E-state index is 14.3. The second-order valence-corrected chi connectivity index (χ2v) is 27.0. The van der Waals surface area contributed by atoms with Crippen molar-refractivity contribution in [1.29, 1.82) is 0 Å². The van der Waals surface area contributed by atoms with E-state index >= 15 is 0 Å². The highest BCUT2D eigenvalue weighted by Crippen LogP contribution is 2.42. The lowest BCUT2D eigenvalue weighted by atomic mass is 9.75. The Morgan fingerprint density at radius 1 is 0.489 bits per heavy atom. The first-order valence-electron chi connectivity index (χ1n) is 33.6. The SMILES string of the molecule is CC(=O)NC1C(O[C@@H](CC2CCCCC2)C(=O)O)[C@@H](O)[C@H](CO)O[C@H]1O[C@@H]1CCCC(C(F)F)[C@H]1OC1O[C@@H](C)[C@H](O)C(O)[C@@H]1O.CCC1CC(C(C)=O)C[C@@H](O[C@@H]2O[C@@H](CO)[C@H](O)C(O[C@@H](CC3CCCCC3)C(=O)O)C2NC(C)=O)[C@@H]1OC1O[C@@H](C)[C@H](O)C(O)[C@@H]1O. The second-order valence-electron chi connectivity index (χ2n) is 27.0. The van der Waals surface area contributed by atoms with Gasteiger partial charge in [-0.15, -0.1) is 0 Å². The summed E-state index contributed by atoms with van der Waals surface area (Å²) in [6, 6.07) is -2.56. The molecule has 0 bridgehead atoms. The number of carbonyl (C=O) groups excluding carboxylic acids is 3. The third kappa shape index (κ3) is 20.0. The van der Waals surface area contributed by atoms with E-state index in [0.29, 0.717) is 12.8 Å². The van der Waals surface area contributed by atoms with E-state index in [0.717, 1.165) is 64.2 Å². The van der Waals surface area contributed by atoms with Crippen LogP contribution in [0.5, 0.6) is 0 Å². The molecule has 8 fully saturated rings. The van der Waals surface area contributed by atoms with Gasteiger partial charge in [-0.25, -0.2) is 18.4 Å². The zero-order valence-electron chi connectivity index (χ0n) is 54.4. The van der Waals surface area contributed by atoms with E-state index in [1.807, 2.05) is 6.92 Å². The molecule has 29 atom stereocenters. The van der Waals surface area contributed by atoms with Gasteiger partial charge in [0.2, 0.25) is 18.2 Å². The molecule has 2 amide bonds. The Labute approximate surface area is 545 Å². The Kier molecular flexibility index (Phi) is 29.9. The molecular weight excluding hydrogens is 1250 g/mol. The van der Waals surface area contributed by atoms with Crippen molar-refractivity contribution in [3.63, 3.8) is 0 Å².